The molecule has 0 aliphatic heterocycles. The minimum Gasteiger partial charge on any atom is -0.481 e. The molecular weight excluding hydrogens is 278 g/mol. The average molecular weight is 286 g/mol. The molecule has 78 valence electrons. The number of thiazole rings is 1. The predicted octanol–water partition coefficient (Wildman–Crippen LogP) is 2.82. The molecule has 0 aliphatic carbocycles. The molecule has 1 heterocycles. The summed E-state index contributed by atoms with van der Waals surface area (Å²) in [6.45, 7) is 0. The lowest BCUT2D eigenvalue weighted by Crippen LogP contribution is -1.99. The zero-order valence-electron chi connectivity index (χ0n) is 7.74. The van der Waals surface area contributed by atoms with Gasteiger partial charge in [0.15, 0.2) is 0 Å². The Hall–Kier alpha value is -0.940. The fourth-order valence-corrected chi connectivity index (χ4v) is 2.71. The summed E-state index contributed by atoms with van der Waals surface area (Å²) >= 11 is 4.94. The monoisotopic (exact) mass is 285 g/mol. The molecule has 15 heavy (non-hydrogen) atoms. The molecule has 2 aromatic rings. The maximum absolute atomic E-state index is 10.5. The lowest BCUT2D eigenvalue weighted by Gasteiger charge is -1.95. The number of alkyl halides is 1. The van der Waals surface area contributed by atoms with E-state index >= 15 is 0 Å². The first kappa shape index (κ1) is 10.6. The largest absolute Gasteiger partial charge is 0.481 e. The van der Waals surface area contributed by atoms with E-state index in [9.17, 15) is 4.79 Å². The molecule has 0 unspecified atom stereocenters. The molecule has 3 nitrogen and oxygen atoms in total. The standard InChI is InChI=1S/C10H8BrNO2S/c11-5-9-12-7-2-1-6(4-10(13)14)3-8(7)15-9/h1-3H,4-5H2,(H,13,14). The Morgan fingerprint density at radius 1 is 1.53 bits per heavy atom. The van der Waals surface area contributed by atoms with Gasteiger partial charge in [-0.2, -0.15) is 0 Å². The smallest absolute Gasteiger partial charge is 0.307 e. The Morgan fingerprint density at radius 3 is 3.00 bits per heavy atom. The van der Waals surface area contributed by atoms with Crippen molar-refractivity contribution in [2.45, 2.75) is 11.8 Å². The number of aromatic nitrogens is 1. The fourth-order valence-electron chi connectivity index (χ4n) is 1.36. The maximum atomic E-state index is 10.5. The molecule has 0 saturated heterocycles. The molecule has 1 aromatic carbocycles. The zero-order chi connectivity index (χ0) is 10.8. The second-order valence-corrected chi connectivity index (χ2v) is 4.79. The van der Waals surface area contributed by atoms with Crippen LogP contribution < -0.4 is 0 Å². The van der Waals surface area contributed by atoms with Crippen LogP contribution in [-0.4, -0.2) is 16.1 Å². The molecule has 0 spiro atoms. The Balaban J connectivity index is 2.41. The van der Waals surface area contributed by atoms with Crippen molar-refractivity contribution in [1.29, 1.82) is 0 Å². The van der Waals surface area contributed by atoms with Gasteiger partial charge in [0.05, 0.1) is 22.0 Å². The molecule has 0 radical (unpaired) electrons. The van der Waals surface area contributed by atoms with Crippen LogP contribution in [0, 0.1) is 0 Å². The van der Waals surface area contributed by atoms with Crippen LogP contribution >= 0.6 is 27.3 Å². The first-order chi connectivity index (χ1) is 7.19. The summed E-state index contributed by atoms with van der Waals surface area (Å²) in [4.78, 5) is 14.9. The number of carbonyl (C=O) groups is 1. The molecule has 5 heteroatoms. The van der Waals surface area contributed by atoms with Crippen molar-refractivity contribution in [2.24, 2.45) is 0 Å². The van der Waals surface area contributed by atoms with Crippen LogP contribution in [0.1, 0.15) is 10.6 Å². The van der Waals surface area contributed by atoms with Crippen LogP contribution in [0.2, 0.25) is 0 Å². The molecule has 0 amide bonds. The van der Waals surface area contributed by atoms with Crippen LogP contribution in [0.25, 0.3) is 10.2 Å². The van der Waals surface area contributed by atoms with Gasteiger partial charge in [-0.25, -0.2) is 4.98 Å². The summed E-state index contributed by atoms with van der Waals surface area (Å²) in [5.41, 5.74) is 1.75. The molecule has 0 fully saturated rings. The van der Waals surface area contributed by atoms with Gasteiger partial charge in [-0.1, -0.05) is 22.0 Å². The van der Waals surface area contributed by atoms with Crippen molar-refractivity contribution in [3.63, 3.8) is 0 Å². The van der Waals surface area contributed by atoms with Gasteiger partial charge in [-0.05, 0) is 17.7 Å². The Morgan fingerprint density at radius 2 is 2.33 bits per heavy atom. The van der Waals surface area contributed by atoms with Crippen molar-refractivity contribution >= 4 is 43.5 Å². The van der Waals surface area contributed by atoms with Gasteiger partial charge < -0.3 is 5.11 Å². The van der Waals surface area contributed by atoms with Crippen molar-refractivity contribution in [3.8, 4) is 0 Å². The third-order valence-corrected chi connectivity index (χ3v) is 3.89. The Kier molecular flexibility index (Phi) is 3.02. The van der Waals surface area contributed by atoms with Crippen LogP contribution in [0.3, 0.4) is 0 Å². The molecule has 2 rings (SSSR count). The summed E-state index contributed by atoms with van der Waals surface area (Å²) < 4.78 is 1.04. The highest BCUT2D eigenvalue weighted by Crippen LogP contribution is 2.24. The van der Waals surface area contributed by atoms with E-state index in [1.165, 1.54) is 0 Å². The predicted molar refractivity (Wildman–Crippen MR) is 63.6 cm³/mol. The molecule has 0 atom stereocenters. The lowest BCUT2D eigenvalue weighted by molar-refractivity contribution is -0.136. The van der Waals surface area contributed by atoms with Gasteiger partial charge in [0, 0.05) is 0 Å². The number of nitrogens with zero attached hydrogens (tertiary/aromatic N) is 1. The molecule has 0 saturated carbocycles. The number of fused-ring (bicyclic) bond motifs is 1. The van der Waals surface area contributed by atoms with E-state index in [4.69, 9.17) is 5.11 Å². The second-order valence-electron chi connectivity index (χ2n) is 3.11. The topological polar surface area (TPSA) is 50.2 Å². The third-order valence-electron chi connectivity index (χ3n) is 1.97. The first-order valence-corrected chi connectivity index (χ1v) is 6.29. The van der Waals surface area contributed by atoms with Gasteiger partial charge in [0.2, 0.25) is 0 Å². The number of aliphatic carboxylic acids is 1. The number of hydrogen-bond acceptors (Lipinski definition) is 3. The van der Waals surface area contributed by atoms with Crippen LogP contribution in [0.15, 0.2) is 18.2 Å². The van der Waals surface area contributed by atoms with Crippen molar-refractivity contribution in [1.82, 2.24) is 4.98 Å². The SMILES string of the molecule is O=C(O)Cc1ccc2nc(CBr)sc2c1. The highest BCUT2D eigenvalue weighted by atomic mass is 79.9. The zero-order valence-corrected chi connectivity index (χ0v) is 10.1. The van der Waals surface area contributed by atoms with Crippen molar-refractivity contribution in [3.05, 3.63) is 28.8 Å². The van der Waals surface area contributed by atoms with Gasteiger partial charge in [-0.3, -0.25) is 4.79 Å². The van der Waals surface area contributed by atoms with Gasteiger partial charge in [-0.15, -0.1) is 11.3 Å². The minimum absolute atomic E-state index is 0.0670. The highest BCUT2D eigenvalue weighted by molar-refractivity contribution is 9.08. The normalized spacial score (nSPS) is 10.7. The van der Waals surface area contributed by atoms with E-state index in [1.54, 1.807) is 11.3 Å². The summed E-state index contributed by atoms with van der Waals surface area (Å²) in [5.74, 6) is -0.806. The Labute approximate surface area is 98.9 Å². The quantitative estimate of drug-likeness (QED) is 0.883. The highest BCUT2D eigenvalue weighted by Gasteiger charge is 2.05. The van der Waals surface area contributed by atoms with E-state index in [0.29, 0.717) is 0 Å². The maximum Gasteiger partial charge on any atom is 0.307 e. The van der Waals surface area contributed by atoms with E-state index in [-0.39, 0.29) is 6.42 Å². The van der Waals surface area contributed by atoms with Crippen LogP contribution in [-0.2, 0) is 16.5 Å². The van der Waals surface area contributed by atoms with E-state index < -0.39 is 5.97 Å². The second kappa shape index (κ2) is 4.28. The lowest BCUT2D eigenvalue weighted by atomic mass is 10.1. The average Bonchev–Trinajstić information content (AvgIpc) is 2.58. The number of rotatable bonds is 3. The van der Waals surface area contributed by atoms with E-state index in [2.05, 4.69) is 20.9 Å². The molecule has 1 N–H and O–H groups in total. The van der Waals surface area contributed by atoms with Gasteiger partial charge >= 0.3 is 5.97 Å². The summed E-state index contributed by atoms with van der Waals surface area (Å²) in [6, 6.07) is 5.58. The van der Waals surface area contributed by atoms with Crippen LogP contribution in [0.5, 0.6) is 0 Å². The Bertz CT molecular complexity index is 509. The van der Waals surface area contributed by atoms with Gasteiger partial charge in [0.1, 0.15) is 5.01 Å². The third kappa shape index (κ3) is 2.35. The number of halogens is 1. The minimum atomic E-state index is -0.806. The first-order valence-electron chi connectivity index (χ1n) is 4.35. The van der Waals surface area contributed by atoms with Crippen molar-refractivity contribution in [2.75, 3.05) is 0 Å². The van der Waals surface area contributed by atoms with Gasteiger partial charge in [0.25, 0.3) is 0 Å². The number of carboxylic acid groups (broad SMARTS) is 1. The summed E-state index contributed by atoms with van der Waals surface area (Å²) in [7, 11) is 0. The number of hydrogen-bond donors (Lipinski definition) is 1. The summed E-state index contributed by atoms with van der Waals surface area (Å²) in [5, 5.41) is 10.4. The van der Waals surface area contributed by atoms with Crippen molar-refractivity contribution < 1.29 is 9.90 Å². The number of carboxylic acids is 1. The van der Waals surface area contributed by atoms with E-state index in [1.807, 2.05) is 18.2 Å². The van der Waals surface area contributed by atoms with E-state index in [0.717, 1.165) is 26.1 Å². The molecule has 1 aromatic heterocycles. The molecular formula is C10H8BrNO2S. The fraction of sp³-hybridized carbons (Fsp3) is 0.200. The van der Waals surface area contributed by atoms with Crippen LogP contribution in [0.4, 0.5) is 0 Å². The molecule has 0 aliphatic rings. The number of benzene rings is 1. The molecule has 0 bridgehead atoms. The summed E-state index contributed by atoms with van der Waals surface area (Å²) in [6.07, 6.45) is 0.0670.